The van der Waals surface area contributed by atoms with Crippen LogP contribution in [0.1, 0.15) is 12.3 Å². The molecule has 0 saturated carbocycles. The van der Waals surface area contributed by atoms with Gasteiger partial charge in [0, 0.05) is 38.1 Å². The molecule has 0 fully saturated rings. The minimum absolute atomic E-state index is 0.536. The van der Waals surface area contributed by atoms with E-state index in [4.69, 9.17) is 4.52 Å². The van der Waals surface area contributed by atoms with E-state index < -0.39 is 0 Å². The van der Waals surface area contributed by atoms with Gasteiger partial charge in [0.05, 0.1) is 0 Å². The molecule has 2 heterocycles. The van der Waals surface area contributed by atoms with Gasteiger partial charge in [-0.25, -0.2) is 4.98 Å². The second-order valence-corrected chi connectivity index (χ2v) is 4.77. The topological polar surface area (TPSA) is 68.8 Å². The van der Waals surface area contributed by atoms with Crippen molar-refractivity contribution in [1.29, 1.82) is 0 Å². The van der Waals surface area contributed by atoms with Gasteiger partial charge in [0.2, 0.25) is 11.7 Å². The molecule has 0 saturated heterocycles. The monoisotopic (exact) mass is 283 g/mol. The minimum atomic E-state index is 0.536. The lowest BCUT2D eigenvalue weighted by Gasteiger charge is -2.03. The highest BCUT2D eigenvalue weighted by molar-refractivity contribution is 5.43. The second kappa shape index (κ2) is 6.21. The Labute approximate surface area is 122 Å². The molecule has 3 rings (SSSR count). The highest BCUT2D eigenvalue weighted by atomic mass is 16.5. The number of benzene rings is 1. The number of para-hydroxylation sites is 1. The number of imidazole rings is 1. The Balaban J connectivity index is 1.50. The molecule has 2 aromatic heterocycles. The van der Waals surface area contributed by atoms with Crippen molar-refractivity contribution < 1.29 is 4.52 Å². The van der Waals surface area contributed by atoms with Crippen LogP contribution in [0.2, 0.25) is 0 Å². The fourth-order valence-corrected chi connectivity index (χ4v) is 2.06. The van der Waals surface area contributed by atoms with Crippen LogP contribution < -0.4 is 5.32 Å². The average Bonchev–Trinajstić information content (AvgIpc) is 3.13. The summed E-state index contributed by atoms with van der Waals surface area (Å²) < 4.78 is 7.12. The van der Waals surface area contributed by atoms with Crippen LogP contribution in [0.25, 0.3) is 11.6 Å². The maximum Gasteiger partial charge on any atom is 0.238 e. The second-order valence-electron chi connectivity index (χ2n) is 4.77. The molecule has 0 spiro atoms. The van der Waals surface area contributed by atoms with Gasteiger partial charge in [-0.1, -0.05) is 23.4 Å². The number of aromatic nitrogens is 4. The van der Waals surface area contributed by atoms with E-state index in [2.05, 4.69) is 20.4 Å². The molecule has 0 aliphatic heterocycles. The maximum absolute atomic E-state index is 5.25. The normalized spacial score (nSPS) is 10.7. The van der Waals surface area contributed by atoms with E-state index in [1.54, 1.807) is 6.20 Å². The molecule has 0 atom stereocenters. The first kappa shape index (κ1) is 13.4. The fraction of sp³-hybridized carbons (Fsp3) is 0.267. The van der Waals surface area contributed by atoms with Crippen molar-refractivity contribution >= 4 is 5.69 Å². The zero-order valence-electron chi connectivity index (χ0n) is 11.9. The Morgan fingerprint density at radius 3 is 2.86 bits per heavy atom. The first-order valence-corrected chi connectivity index (χ1v) is 6.92. The number of nitrogens with one attached hydrogen (secondary N) is 1. The Morgan fingerprint density at radius 2 is 2.10 bits per heavy atom. The third-order valence-corrected chi connectivity index (χ3v) is 3.16. The lowest BCUT2D eigenvalue weighted by Crippen LogP contribution is -2.02. The Bertz CT molecular complexity index is 689. The van der Waals surface area contributed by atoms with Gasteiger partial charge in [0.15, 0.2) is 5.82 Å². The van der Waals surface area contributed by atoms with Gasteiger partial charge in [-0.05, 0) is 18.6 Å². The average molecular weight is 283 g/mol. The van der Waals surface area contributed by atoms with Gasteiger partial charge in [-0.15, -0.1) is 0 Å². The highest BCUT2D eigenvalue weighted by Gasteiger charge is 2.11. The van der Waals surface area contributed by atoms with Crippen molar-refractivity contribution in [3.8, 4) is 11.6 Å². The number of nitrogens with zero attached hydrogens (tertiary/aromatic N) is 4. The van der Waals surface area contributed by atoms with Crippen molar-refractivity contribution in [2.45, 2.75) is 12.8 Å². The highest BCUT2D eigenvalue weighted by Crippen LogP contribution is 2.13. The number of hydrogen-bond donors (Lipinski definition) is 1. The fourth-order valence-electron chi connectivity index (χ4n) is 2.06. The molecule has 1 N–H and O–H groups in total. The molecule has 0 aliphatic rings. The predicted octanol–water partition coefficient (Wildman–Crippen LogP) is 2.51. The first-order valence-electron chi connectivity index (χ1n) is 6.92. The number of anilines is 1. The van der Waals surface area contributed by atoms with Crippen LogP contribution in [-0.4, -0.2) is 26.2 Å². The van der Waals surface area contributed by atoms with Gasteiger partial charge >= 0.3 is 0 Å². The van der Waals surface area contributed by atoms with E-state index >= 15 is 0 Å². The van der Waals surface area contributed by atoms with Crippen LogP contribution in [-0.2, 0) is 13.5 Å². The molecule has 0 unspecified atom stereocenters. The smallest absolute Gasteiger partial charge is 0.238 e. The SMILES string of the molecule is Cn1ccnc1-c1noc(CCCNc2ccccc2)n1. The van der Waals surface area contributed by atoms with E-state index in [-0.39, 0.29) is 0 Å². The molecule has 0 radical (unpaired) electrons. The zero-order chi connectivity index (χ0) is 14.5. The summed E-state index contributed by atoms with van der Waals surface area (Å²) in [6.45, 7) is 0.865. The lowest BCUT2D eigenvalue weighted by molar-refractivity contribution is 0.377. The van der Waals surface area contributed by atoms with Crippen molar-refractivity contribution in [3.05, 3.63) is 48.6 Å². The third-order valence-electron chi connectivity index (χ3n) is 3.16. The molecule has 0 amide bonds. The summed E-state index contributed by atoms with van der Waals surface area (Å²) in [6.07, 6.45) is 5.25. The van der Waals surface area contributed by atoms with Gasteiger partial charge < -0.3 is 14.4 Å². The summed E-state index contributed by atoms with van der Waals surface area (Å²) >= 11 is 0. The molecule has 21 heavy (non-hydrogen) atoms. The van der Waals surface area contributed by atoms with Crippen LogP contribution in [0.5, 0.6) is 0 Å². The molecular weight excluding hydrogens is 266 g/mol. The summed E-state index contributed by atoms with van der Waals surface area (Å²) in [5.41, 5.74) is 1.12. The van der Waals surface area contributed by atoms with Crippen molar-refractivity contribution in [2.24, 2.45) is 7.05 Å². The van der Waals surface area contributed by atoms with E-state index in [9.17, 15) is 0 Å². The van der Waals surface area contributed by atoms with Gasteiger partial charge in [-0.3, -0.25) is 0 Å². The Kier molecular flexibility index (Phi) is 3.95. The van der Waals surface area contributed by atoms with E-state index in [0.29, 0.717) is 17.5 Å². The van der Waals surface area contributed by atoms with Crippen molar-refractivity contribution in [2.75, 3.05) is 11.9 Å². The molecule has 0 aliphatic carbocycles. The summed E-state index contributed by atoms with van der Waals surface area (Å²) in [4.78, 5) is 8.57. The predicted molar refractivity (Wildman–Crippen MR) is 79.8 cm³/mol. The zero-order valence-corrected chi connectivity index (χ0v) is 11.9. The van der Waals surface area contributed by atoms with Crippen LogP contribution in [0.4, 0.5) is 5.69 Å². The quantitative estimate of drug-likeness (QED) is 0.704. The van der Waals surface area contributed by atoms with Crippen LogP contribution in [0.15, 0.2) is 47.2 Å². The lowest BCUT2D eigenvalue weighted by atomic mass is 10.3. The molecule has 108 valence electrons. The third kappa shape index (κ3) is 3.28. The molecule has 6 nitrogen and oxygen atoms in total. The first-order chi connectivity index (χ1) is 10.3. The molecule has 3 aromatic rings. The summed E-state index contributed by atoms with van der Waals surface area (Å²) in [5.74, 6) is 1.89. The van der Waals surface area contributed by atoms with Gasteiger partial charge in [0.1, 0.15) is 0 Å². The number of hydrogen-bond acceptors (Lipinski definition) is 5. The number of rotatable bonds is 6. The van der Waals surface area contributed by atoms with Gasteiger partial charge in [-0.2, -0.15) is 4.98 Å². The van der Waals surface area contributed by atoms with Crippen LogP contribution in [0, 0.1) is 0 Å². The van der Waals surface area contributed by atoms with Crippen molar-refractivity contribution in [3.63, 3.8) is 0 Å². The summed E-state index contributed by atoms with van der Waals surface area (Å²) in [7, 11) is 1.90. The van der Waals surface area contributed by atoms with Crippen LogP contribution >= 0.6 is 0 Å². The van der Waals surface area contributed by atoms with Crippen LogP contribution in [0.3, 0.4) is 0 Å². The largest absolute Gasteiger partial charge is 0.385 e. The Hall–Kier alpha value is -2.63. The van der Waals surface area contributed by atoms with E-state index in [1.807, 2.05) is 48.1 Å². The molecule has 0 bridgehead atoms. The molecular formula is C15H17N5O. The molecule has 6 heteroatoms. The number of aryl methyl sites for hydroxylation is 2. The minimum Gasteiger partial charge on any atom is -0.385 e. The maximum atomic E-state index is 5.25. The van der Waals surface area contributed by atoms with Crippen molar-refractivity contribution in [1.82, 2.24) is 19.7 Å². The summed E-state index contributed by atoms with van der Waals surface area (Å²) in [5, 5.41) is 7.32. The van der Waals surface area contributed by atoms with E-state index in [1.165, 1.54) is 0 Å². The summed E-state index contributed by atoms with van der Waals surface area (Å²) in [6, 6.07) is 10.1. The van der Waals surface area contributed by atoms with E-state index in [0.717, 1.165) is 25.1 Å². The van der Waals surface area contributed by atoms with Gasteiger partial charge in [0.25, 0.3) is 0 Å². The standard InChI is InChI=1S/C15H17N5O/c1-20-11-10-17-15(20)14-18-13(21-19-14)8-5-9-16-12-6-3-2-4-7-12/h2-4,6-7,10-11,16H,5,8-9H2,1H3. The Morgan fingerprint density at radius 1 is 1.24 bits per heavy atom. The molecule has 1 aromatic carbocycles.